The third kappa shape index (κ3) is 5.03. The molecule has 102 valence electrons. The Hall–Kier alpha value is -0.470. The molecule has 0 fully saturated rings. The molecule has 0 aliphatic carbocycles. The quantitative estimate of drug-likeness (QED) is 0.460. The second-order valence-corrected chi connectivity index (χ2v) is 4.62. The van der Waals surface area contributed by atoms with Gasteiger partial charge in [0.15, 0.2) is 11.6 Å². The van der Waals surface area contributed by atoms with Crippen LogP contribution in [0.15, 0.2) is 12.1 Å². The lowest BCUT2D eigenvalue weighted by molar-refractivity contribution is 0.0952. The molecule has 1 amide bonds. The van der Waals surface area contributed by atoms with Crippen LogP contribution < -0.4 is 10.6 Å². The molecule has 3 nitrogen and oxygen atoms in total. The van der Waals surface area contributed by atoms with Crippen LogP contribution in [0.1, 0.15) is 16.8 Å². The van der Waals surface area contributed by atoms with Gasteiger partial charge in [0, 0.05) is 10.1 Å². The molecule has 0 radical (unpaired) electrons. The first kappa shape index (κ1) is 17.5. The van der Waals surface area contributed by atoms with Gasteiger partial charge in [-0.1, -0.05) is 0 Å². The van der Waals surface area contributed by atoms with Crippen molar-refractivity contribution in [1.82, 2.24) is 10.6 Å². The molecule has 2 N–H and O–H groups in total. The summed E-state index contributed by atoms with van der Waals surface area (Å²) in [6.45, 7) is 1.28. The molecule has 0 bridgehead atoms. The largest absolute Gasteiger partial charge is 0.352 e. The molecule has 0 atom stereocenters. The second-order valence-electron chi connectivity index (χ2n) is 3.46. The van der Waals surface area contributed by atoms with Gasteiger partial charge in [-0.25, -0.2) is 8.78 Å². The van der Waals surface area contributed by atoms with Gasteiger partial charge in [-0.3, -0.25) is 4.79 Å². The van der Waals surface area contributed by atoms with Crippen LogP contribution in [0, 0.1) is 15.2 Å². The first-order valence-electron chi connectivity index (χ1n) is 5.13. The summed E-state index contributed by atoms with van der Waals surface area (Å²) in [6.07, 6.45) is 0.780. The number of hydrogen-bond donors (Lipinski definition) is 2. The van der Waals surface area contributed by atoms with Gasteiger partial charge in [0.25, 0.3) is 5.91 Å². The lowest BCUT2D eigenvalue weighted by atomic mass is 10.2. The summed E-state index contributed by atoms with van der Waals surface area (Å²) >= 11 is 1.81. The summed E-state index contributed by atoms with van der Waals surface area (Å²) in [5.41, 5.74) is 0.161. The number of carbonyl (C=O) groups excluding carboxylic acids is 1. The van der Waals surface area contributed by atoms with E-state index in [0.29, 0.717) is 10.1 Å². The van der Waals surface area contributed by atoms with E-state index in [1.165, 1.54) is 0 Å². The number of carbonyl (C=O) groups is 1. The molecular weight excluding hydrogens is 376 g/mol. The fourth-order valence-electron chi connectivity index (χ4n) is 1.26. The van der Waals surface area contributed by atoms with Crippen molar-refractivity contribution in [2.75, 3.05) is 20.1 Å². The maximum Gasteiger partial charge on any atom is 0.252 e. The van der Waals surface area contributed by atoms with Gasteiger partial charge in [0.1, 0.15) is 0 Å². The standard InChI is InChI=1S/C11H13F2IN2O.ClH/c1-15-3-2-4-16-11(17)7-5-8(12)9(13)6-10(7)14;/h5-6,15H,2-4H2,1H3,(H,16,17);1H. The summed E-state index contributed by atoms with van der Waals surface area (Å²) in [4.78, 5) is 11.7. The van der Waals surface area contributed by atoms with Crippen molar-refractivity contribution in [2.45, 2.75) is 6.42 Å². The van der Waals surface area contributed by atoms with Crippen molar-refractivity contribution >= 4 is 40.9 Å². The fourth-order valence-corrected chi connectivity index (χ4v) is 1.93. The summed E-state index contributed by atoms with van der Waals surface area (Å²) < 4.78 is 26.2. The van der Waals surface area contributed by atoms with Crippen LogP contribution in [0.5, 0.6) is 0 Å². The average molecular weight is 391 g/mol. The zero-order valence-corrected chi connectivity index (χ0v) is 12.7. The molecule has 0 saturated carbocycles. The van der Waals surface area contributed by atoms with Gasteiger partial charge >= 0.3 is 0 Å². The van der Waals surface area contributed by atoms with E-state index in [4.69, 9.17) is 0 Å². The molecule has 0 aliphatic rings. The monoisotopic (exact) mass is 390 g/mol. The van der Waals surface area contributed by atoms with Crippen LogP contribution in [-0.4, -0.2) is 26.0 Å². The fraction of sp³-hybridized carbons (Fsp3) is 0.364. The number of nitrogens with one attached hydrogen (secondary N) is 2. The van der Waals surface area contributed by atoms with Gasteiger partial charge in [-0.2, -0.15) is 0 Å². The molecule has 0 spiro atoms. The van der Waals surface area contributed by atoms with E-state index in [0.717, 1.165) is 25.1 Å². The van der Waals surface area contributed by atoms with Gasteiger partial charge in [0.2, 0.25) is 0 Å². The van der Waals surface area contributed by atoms with Crippen LogP contribution in [0.3, 0.4) is 0 Å². The molecule has 7 heteroatoms. The first-order valence-corrected chi connectivity index (χ1v) is 6.21. The van der Waals surface area contributed by atoms with E-state index in [1.54, 1.807) is 22.6 Å². The Morgan fingerprint density at radius 3 is 2.50 bits per heavy atom. The normalized spacial score (nSPS) is 9.78. The topological polar surface area (TPSA) is 41.1 Å². The summed E-state index contributed by atoms with van der Waals surface area (Å²) in [6, 6.07) is 1.93. The Morgan fingerprint density at radius 1 is 1.28 bits per heavy atom. The highest BCUT2D eigenvalue weighted by molar-refractivity contribution is 14.1. The summed E-state index contributed by atoms with van der Waals surface area (Å²) in [7, 11) is 1.82. The predicted molar refractivity (Wildman–Crippen MR) is 77.2 cm³/mol. The van der Waals surface area contributed by atoms with Gasteiger partial charge in [-0.15, -0.1) is 12.4 Å². The van der Waals surface area contributed by atoms with Crippen molar-refractivity contribution in [3.8, 4) is 0 Å². The molecule has 0 saturated heterocycles. The van der Waals surface area contributed by atoms with E-state index >= 15 is 0 Å². The Labute approximate surface area is 124 Å². The smallest absolute Gasteiger partial charge is 0.252 e. The Bertz CT molecular complexity index is 418. The van der Waals surface area contributed by atoms with Crippen LogP contribution in [0.4, 0.5) is 8.78 Å². The van der Waals surface area contributed by atoms with Crippen molar-refractivity contribution in [3.05, 3.63) is 32.9 Å². The first-order chi connectivity index (χ1) is 8.06. The molecule has 1 aromatic carbocycles. The minimum absolute atomic E-state index is 0. The molecule has 0 unspecified atom stereocenters. The van der Waals surface area contributed by atoms with E-state index in [9.17, 15) is 13.6 Å². The van der Waals surface area contributed by atoms with Crippen molar-refractivity contribution in [1.29, 1.82) is 0 Å². The van der Waals surface area contributed by atoms with Crippen LogP contribution in [-0.2, 0) is 0 Å². The van der Waals surface area contributed by atoms with E-state index in [1.807, 2.05) is 7.05 Å². The third-order valence-electron chi connectivity index (χ3n) is 2.14. The van der Waals surface area contributed by atoms with Crippen LogP contribution in [0.25, 0.3) is 0 Å². The maximum atomic E-state index is 13.0. The molecule has 0 aliphatic heterocycles. The number of rotatable bonds is 5. The average Bonchev–Trinajstić information content (AvgIpc) is 2.29. The highest BCUT2D eigenvalue weighted by atomic mass is 127. The van der Waals surface area contributed by atoms with Gasteiger partial charge in [-0.05, 0) is 54.7 Å². The lowest BCUT2D eigenvalue weighted by Crippen LogP contribution is -2.27. The Balaban J connectivity index is 0.00000289. The minimum atomic E-state index is -1.01. The Kier molecular flexibility index (Phi) is 8.38. The Morgan fingerprint density at radius 2 is 1.89 bits per heavy atom. The molecule has 0 heterocycles. The molecule has 1 rings (SSSR count). The number of amides is 1. The van der Waals surface area contributed by atoms with E-state index < -0.39 is 11.6 Å². The number of halogens is 4. The number of benzene rings is 1. The van der Waals surface area contributed by atoms with Gasteiger partial charge < -0.3 is 10.6 Å². The van der Waals surface area contributed by atoms with E-state index in [-0.39, 0.29) is 23.9 Å². The lowest BCUT2D eigenvalue weighted by Gasteiger charge is -2.07. The van der Waals surface area contributed by atoms with Crippen LogP contribution in [0.2, 0.25) is 0 Å². The van der Waals surface area contributed by atoms with Gasteiger partial charge in [0.05, 0.1) is 5.56 Å². The molecular formula is C11H14ClF2IN2O. The second kappa shape index (κ2) is 8.60. The minimum Gasteiger partial charge on any atom is -0.352 e. The maximum absolute atomic E-state index is 13.0. The van der Waals surface area contributed by atoms with Crippen LogP contribution >= 0.6 is 35.0 Å². The van der Waals surface area contributed by atoms with E-state index in [2.05, 4.69) is 10.6 Å². The highest BCUT2D eigenvalue weighted by Gasteiger charge is 2.13. The third-order valence-corrected chi connectivity index (χ3v) is 3.04. The highest BCUT2D eigenvalue weighted by Crippen LogP contribution is 2.16. The van der Waals surface area contributed by atoms with Crippen molar-refractivity contribution in [3.63, 3.8) is 0 Å². The predicted octanol–water partition coefficient (Wildman–Crippen LogP) is 2.33. The SMILES string of the molecule is CNCCCNC(=O)c1cc(F)c(F)cc1I.Cl. The van der Waals surface area contributed by atoms with Crippen molar-refractivity contribution < 1.29 is 13.6 Å². The summed E-state index contributed by atoms with van der Waals surface area (Å²) in [5.74, 6) is -2.34. The molecule has 1 aromatic rings. The molecule has 18 heavy (non-hydrogen) atoms. The zero-order chi connectivity index (χ0) is 12.8. The number of hydrogen-bond acceptors (Lipinski definition) is 2. The zero-order valence-electron chi connectivity index (χ0n) is 9.73. The van der Waals surface area contributed by atoms with Crippen molar-refractivity contribution in [2.24, 2.45) is 0 Å². The summed E-state index contributed by atoms with van der Waals surface area (Å²) in [5, 5.41) is 5.60. The molecule has 0 aromatic heterocycles.